The molecule has 160 valence electrons. The third kappa shape index (κ3) is 4.24. The second-order valence-corrected chi connectivity index (χ2v) is 7.67. The Balaban J connectivity index is 1.62. The summed E-state index contributed by atoms with van der Waals surface area (Å²) < 4.78 is 7.87. The van der Waals surface area contributed by atoms with Gasteiger partial charge >= 0.3 is 0 Å². The Morgan fingerprint density at radius 1 is 0.935 bits per heavy atom. The smallest absolute Gasteiger partial charge is 0.158 e. The molecule has 31 heavy (non-hydrogen) atoms. The maximum Gasteiger partial charge on any atom is 0.158 e. The monoisotopic (exact) mass is 415 g/mol. The number of nitrogens with one attached hydrogen (secondary N) is 1. The van der Waals surface area contributed by atoms with E-state index >= 15 is 0 Å². The zero-order chi connectivity index (χ0) is 21.8. The molecule has 4 aromatic rings. The zero-order valence-electron chi connectivity index (χ0n) is 18.6. The van der Waals surface area contributed by atoms with Gasteiger partial charge in [-0.2, -0.15) is 5.10 Å². The first-order valence-electron chi connectivity index (χ1n) is 10.8. The van der Waals surface area contributed by atoms with Crippen molar-refractivity contribution in [3.05, 3.63) is 71.4 Å². The van der Waals surface area contributed by atoms with Crippen LogP contribution in [0.1, 0.15) is 36.1 Å². The van der Waals surface area contributed by atoms with Gasteiger partial charge in [0.1, 0.15) is 5.75 Å². The first-order valence-corrected chi connectivity index (χ1v) is 10.8. The zero-order valence-corrected chi connectivity index (χ0v) is 18.6. The predicted molar refractivity (Wildman–Crippen MR) is 125 cm³/mol. The van der Waals surface area contributed by atoms with E-state index in [-0.39, 0.29) is 0 Å². The fraction of sp³-hybridized carbons (Fsp3) is 0.320. The van der Waals surface area contributed by atoms with E-state index in [1.54, 1.807) is 0 Å². The Labute approximate surface area is 183 Å². The van der Waals surface area contributed by atoms with Crippen molar-refractivity contribution >= 4 is 16.6 Å². The molecule has 6 heteroatoms. The van der Waals surface area contributed by atoms with Crippen LogP contribution in [0.25, 0.3) is 16.5 Å². The number of hydrogen-bond donors (Lipinski definition) is 1. The normalized spacial score (nSPS) is 11.1. The van der Waals surface area contributed by atoms with Crippen LogP contribution in [0.3, 0.4) is 0 Å². The number of aryl methyl sites for hydroxylation is 4. The number of hydrogen-bond acceptors (Lipinski definition) is 5. The van der Waals surface area contributed by atoms with E-state index in [1.165, 1.54) is 5.69 Å². The van der Waals surface area contributed by atoms with Gasteiger partial charge in [-0.05, 0) is 76.9 Å². The van der Waals surface area contributed by atoms with Crippen molar-refractivity contribution in [2.24, 2.45) is 0 Å². The molecule has 4 rings (SSSR count). The fourth-order valence-corrected chi connectivity index (χ4v) is 4.19. The fourth-order valence-electron chi connectivity index (χ4n) is 4.19. The Bertz CT molecular complexity index is 1170. The lowest BCUT2D eigenvalue weighted by Gasteiger charge is -2.11. The maximum atomic E-state index is 5.60. The number of pyridine rings is 1. The molecular formula is C25H29N5O. The molecule has 0 fully saturated rings. The third-order valence-electron chi connectivity index (χ3n) is 5.58. The number of aromatic nitrogens is 4. The van der Waals surface area contributed by atoms with Crippen molar-refractivity contribution < 1.29 is 4.74 Å². The summed E-state index contributed by atoms with van der Waals surface area (Å²) in [6.45, 7) is 9.79. The van der Waals surface area contributed by atoms with E-state index in [9.17, 15) is 0 Å². The Hall–Kier alpha value is -3.41. The number of benzene rings is 1. The molecule has 1 N–H and O–H groups in total. The van der Waals surface area contributed by atoms with Crippen molar-refractivity contribution in [3.8, 4) is 11.4 Å². The Morgan fingerprint density at radius 3 is 2.42 bits per heavy atom. The van der Waals surface area contributed by atoms with E-state index in [0.717, 1.165) is 64.5 Å². The van der Waals surface area contributed by atoms with E-state index in [0.29, 0.717) is 6.61 Å². The van der Waals surface area contributed by atoms with Crippen LogP contribution in [0.2, 0.25) is 0 Å². The molecule has 3 heterocycles. The van der Waals surface area contributed by atoms with Gasteiger partial charge < -0.3 is 14.6 Å². The van der Waals surface area contributed by atoms with Crippen LogP contribution in [0, 0.1) is 20.8 Å². The molecule has 0 amide bonds. The molecule has 0 spiro atoms. The van der Waals surface area contributed by atoms with E-state index < -0.39 is 0 Å². The molecule has 6 nitrogen and oxygen atoms in total. The molecule has 0 bridgehead atoms. The number of nitrogens with zero attached hydrogens (tertiary/aromatic N) is 4. The van der Waals surface area contributed by atoms with Gasteiger partial charge in [0.15, 0.2) is 5.82 Å². The van der Waals surface area contributed by atoms with Crippen LogP contribution in [-0.4, -0.2) is 32.9 Å². The molecule has 0 aliphatic rings. The van der Waals surface area contributed by atoms with Crippen molar-refractivity contribution in [3.63, 3.8) is 0 Å². The molecule has 0 unspecified atom stereocenters. The molecule has 0 aliphatic heterocycles. The van der Waals surface area contributed by atoms with Crippen LogP contribution in [-0.2, 0) is 6.42 Å². The highest BCUT2D eigenvalue weighted by Gasteiger charge is 2.19. The van der Waals surface area contributed by atoms with Crippen molar-refractivity contribution in [1.82, 2.24) is 19.7 Å². The van der Waals surface area contributed by atoms with Crippen molar-refractivity contribution in [2.75, 3.05) is 18.5 Å². The SMILES string of the molecule is CCOc1ccc(-n2c(C)c3c(C)nnc(NCCCc4ccccn4)c3c2C)cc1. The topological polar surface area (TPSA) is 64.9 Å². The summed E-state index contributed by atoms with van der Waals surface area (Å²) in [6.07, 6.45) is 3.75. The molecule has 0 saturated carbocycles. The first kappa shape index (κ1) is 20.8. The largest absolute Gasteiger partial charge is 0.494 e. The summed E-state index contributed by atoms with van der Waals surface area (Å²) >= 11 is 0. The number of fused-ring (bicyclic) bond motifs is 1. The maximum absolute atomic E-state index is 5.60. The molecule has 3 aromatic heterocycles. The van der Waals surface area contributed by atoms with Crippen molar-refractivity contribution in [1.29, 1.82) is 0 Å². The molecule has 0 aliphatic carbocycles. The minimum atomic E-state index is 0.663. The third-order valence-corrected chi connectivity index (χ3v) is 5.58. The van der Waals surface area contributed by atoms with E-state index in [2.05, 4.69) is 57.1 Å². The van der Waals surface area contributed by atoms with Gasteiger partial charge in [0.25, 0.3) is 0 Å². The lowest BCUT2D eigenvalue weighted by atomic mass is 10.1. The van der Waals surface area contributed by atoms with Gasteiger partial charge in [-0.3, -0.25) is 4.98 Å². The second kappa shape index (κ2) is 9.16. The quantitative estimate of drug-likeness (QED) is 0.402. The van der Waals surface area contributed by atoms with Crippen LogP contribution >= 0.6 is 0 Å². The Kier molecular flexibility index (Phi) is 6.16. The average Bonchev–Trinajstić information content (AvgIpc) is 3.05. The van der Waals surface area contributed by atoms with E-state index in [1.807, 2.05) is 44.3 Å². The minimum absolute atomic E-state index is 0.663. The average molecular weight is 416 g/mol. The Morgan fingerprint density at radius 2 is 1.71 bits per heavy atom. The van der Waals surface area contributed by atoms with Gasteiger partial charge in [-0.1, -0.05) is 6.07 Å². The molecule has 0 atom stereocenters. The molecule has 0 radical (unpaired) electrons. The van der Waals surface area contributed by atoms with Crippen LogP contribution in [0.15, 0.2) is 48.7 Å². The summed E-state index contributed by atoms with van der Waals surface area (Å²) in [5, 5.41) is 14.7. The summed E-state index contributed by atoms with van der Waals surface area (Å²) in [6, 6.07) is 14.3. The highest BCUT2D eigenvalue weighted by atomic mass is 16.5. The standard InChI is InChI=1S/C25H29N5O/c1-5-31-22-13-11-21(12-14-22)30-18(3)23-17(2)28-29-25(24(23)19(30)4)27-16-8-10-20-9-6-7-15-26-20/h6-7,9,11-15H,5,8,10,16H2,1-4H3,(H,27,29). The van der Waals surface area contributed by atoms with Gasteiger partial charge in [0.05, 0.1) is 12.3 Å². The molecule has 0 saturated heterocycles. The summed E-state index contributed by atoms with van der Waals surface area (Å²) in [4.78, 5) is 4.40. The number of ether oxygens (including phenoxy) is 1. The van der Waals surface area contributed by atoms with Crippen LogP contribution < -0.4 is 10.1 Å². The van der Waals surface area contributed by atoms with Gasteiger partial charge in [0, 0.05) is 46.3 Å². The van der Waals surface area contributed by atoms with Gasteiger partial charge in [0.2, 0.25) is 0 Å². The minimum Gasteiger partial charge on any atom is -0.494 e. The lowest BCUT2D eigenvalue weighted by Crippen LogP contribution is -2.07. The second-order valence-electron chi connectivity index (χ2n) is 7.67. The summed E-state index contributed by atoms with van der Waals surface area (Å²) in [5.74, 6) is 1.72. The lowest BCUT2D eigenvalue weighted by molar-refractivity contribution is 0.340. The highest BCUT2D eigenvalue weighted by Crippen LogP contribution is 2.34. The van der Waals surface area contributed by atoms with E-state index in [4.69, 9.17) is 4.74 Å². The number of rotatable bonds is 8. The van der Waals surface area contributed by atoms with Gasteiger partial charge in [-0.25, -0.2) is 0 Å². The summed E-state index contributed by atoms with van der Waals surface area (Å²) in [7, 11) is 0. The van der Waals surface area contributed by atoms with Crippen LogP contribution in [0.4, 0.5) is 5.82 Å². The molecule has 1 aromatic carbocycles. The van der Waals surface area contributed by atoms with Crippen LogP contribution in [0.5, 0.6) is 5.75 Å². The molecular weight excluding hydrogens is 386 g/mol. The predicted octanol–water partition coefficient (Wildman–Crippen LogP) is 5.18. The van der Waals surface area contributed by atoms with Gasteiger partial charge in [-0.15, -0.1) is 5.10 Å². The van der Waals surface area contributed by atoms with Crippen molar-refractivity contribution in [2.45, 2.75) is 40.5 Å². The summed E-state index contributed by atoms with van der Waals surface area (Å²) in [5.41, 5.74) is 5.48. The highest BCUT2D eigenvalue weighted by molar-refractivity contribution is 5.98. The first-order chi connectivity index (χ1) is 15.1. The number of anilines is 1.